The number of nitrogens with one attached hydrogen (secondary N) is 1. The highest BCUT2D eigenvalue weighted by Gasteiger charge is 2.22. The van der Waals surface area contributed by atoms with Crippen LogP contribution in [0.2, 0.25) is 0 Å². The molecule has 1 rings (SSSR count). The second kappa shape index (κ2) is 7.98. The van der Waals surface area contributed by atoms with Gasteiger partial charge in [0, 0.05) is 5.92 Å². The highest BCUT2D eigenvalue weighted by molar-refractivity contribution is 5.78. The quantitative estimate of drug-likeness (QED) is 0.757. The third kappa shape index (κ3) is 4.75. The Bertz CT molecular complexity index is 148. The zero-order chi connectivity index (χ0) is 11.0. The molecular weight excluding hydrogens is 174 g/mol. The third-order valence-corrected chi connectivity index (χ3v) is 2.91. The van der Waals surface area contributed by atoms with Crippen LogP contribution < -0.4 is 5.32 Å². The molecule has 0 spiro atoms. The maximum atomic E-state index is 11.0. The first-order valence-corrected chi connectivity index (χ1v) is 5.89. The SMILES string of the molecule is CC.CNCC1CCC(C(C)=O)CC1. The van der Waals surface area contributed by atoms with Crippen molar-refractivity contribution in [2.24, 2.45) is 11.8 Å². The molecule has 0 amide bonds. The average molecular weight is 199 g/mol. The molecule has 0 heterocycles. The molecule has 84 valence electrons. The lowest BCUT2D eigenvalue weighted by molar-refractivity contribution is -0.121. The minimum atomic E-state index is 0.373. The molecule has 0 saturated heterocycles. The van der Waals surface area contributed by atoms with Crippen molar-refractivity contribution in [1.29, 1.82) is 0 Å². The Hall–Kier alpha value is -0.370. The maximum absolute atomic E-state index is 11.0. The van der Waals surface area contributed by atoms with E-state index in [0.29, 0.717) is 11.7 Å². The van der Waals surface area contributed by atoms with Crippen molar-refractivity contribution < 1.29 is 4.79 Å². The van der Waals surface area contributed by atoms with Crippen molar-refractivity contribution in [1.82, 2.24) is 5.32 Å². The molecule has 1 aliphatic rings. The normalized spacial score (nSPS) is 26.3. The van der Waals surface area contributed by atoms with Gasteiger partial charge in [0.15, 0.2) is 0 Å². The lowest BCUT2D eigenvalue weighted by Crippen LogP contribution is -2.26. The molecular formula is C12H25NO. The van der Waals surface area contributed by atoms with E-state index in [9.17, 15) is 4.79 Å². The zero-order valence-corrected chi connectivity index (χ0v) is 10.1. The molecule has 0 aromatic rings. The van der Waals surface area contributed by atoms with Gasteiger partial charge in [0.05, 0.1) is 0 Å². The van der Waals surface area contributed by atoms with Crippen molar-refractivity contribution in [3.63, 3.8) is 0 Å². The number of hydrogen-bond acceptors (Lipinski definition) is 2. The fourth-order valence-corrected chi connectivity index (χ4v) is 2.06. The maximum Gasteiger partial charge on any atom is 0.132 e. The standard InChI is InChI=1S/C10H19NO.C2H6/c1-8(12)10-5-3-9(4-6-10)7-11-2;1-2/h9-11H,3-7H2,1-2H3;1-2H3. The predicted molar refractivity (Wildman–Crippen MR) is 61.4 cm³/mol. The van der Waals surface area contributed by atoms with Crippen LogP contribution in [0.3, 0.4) is 0 Å². The van der Waals surface area contributed by atoms with Crippen LogP contribution in [0, 0.1) is 11.8 Å². The fourth-order valence-electron chi connectivity index (χ4n) is 2.06. The van der Waals surface area contributed by atoms with Gasteiger partial charge in [0.25, 0.3) is 0 Å². The minimum Gasteiger partial charge on any atom is -0.319 e. The number of hydrogen-bond donors (Lipinski definition) is 1. The van der Waals surface area contributed by atoms with Crippen LogP contribution in [0.15, 0.2) is 0 Å². The molecule has 14 heavy (non-hydrogen) atoms. The van der Waals surface area contributed by atoms with Crippen LogP contribution in [0.5, 0.6) is 0 Å². The summed E-state index contributed by atoms with van der Waals surface area (Å²) in [6, 6.07) is 0. The van der Waals surface area contributed by atoms with Crippen LogP contribution in [0.25, 0.3) is 0 Å². The van der Waals surface area contributed by atoms with E-state index in [1.165, 1.54) is 12.8 Å². The summed E-state index contributed by atoms with van der Waals surface area (Å²) < 4.78 is 0. The van der Waals surface area contributed by atoms with Crippen molar-refractivity contribution >= 4 is 5.78 Å². The number of Topliss-reactive ketones (excluding diaryl/α,β-unsaturated/α-hetero) is 1. The highest BCUT2D eigenvalue weighted by Crippen LogP contribution is 2.28. The molecule has 1 aliphatic carbocycles. The van der Waals surface area contributed by atoms with Gasteiger partial charge in [-0.3, -0.25) is 4.79 Å². The molecule has 1 fully saturated rings. The molecule has 2 heteroatoms. The molecule has 0 aliphatic heterocycles. The minimum absolute atomic E-state index is 0.373. The molecule has 0 atom stereocenters. The molecule has 0 aromatic carbocycles. The van der Waals surface area contributed by atoms with E-state index < -0.39 is 0 Å². The predicted octanol–water partition coefficient (Wildman–Crippen LogP) is 2.63. The largest absolute Gasteiger partial charge is 0.319 e. The van der Waals surface area contributed by atoms with Crippen molar-refractivity contribution in [3.8, 4) is 0 Å². The number of carbonyl (C=O) groups excluding carboxylic acids is 1. The summed E-state index contributed by atoms with van der Waals surface area (Å²) in [5.74, 6) is 1.57. The number of carbonyl (C=O) groups is 1. The topological polar surface area (TPSA) is 29.1 Å². The van der Waals surface area contributed by atoms with Crippen LogP contribution >= 0.6 is 0 Å². The van der Waals surface area contributed by atoms with Gasteiger partial charge in [-0.25, -0.2) is 0 Å². The first-order chi connectivity index (χ1) is 6.74. The Morgan fingerprint density at radius 3 is 2.07 bits per heavy atom. The van der Waals surface area contributed by atoms with Gasteiger partial charge in [-0.05, 0) is 52.1 Å². The lowest BCUT2D eigenvalue weighted by Gasteiger charge is -2.26. The van der Waals surface area contributed by atoms with Crippen molar-refractivity contribution in [2.45, 2.75) is 46.5 Å². The van der Waals surface area contributed by atoms with Gasteiger partial charge < -0.3 is 5.32 Å². The van der Waals surface area contributed by atoms with Crippen LogP contribution in [0.1, 0.15) is 46.5 Å². The van der Waals surface area contributed by atoms with Gasteiger partial charge in [0.1, 0.15) is 5.78 Å². The smallest absolute Gasteiger partial charge is 0.132 e. The number of ketones is 1. The van der Waals surface area contributed by atoms with E-state index in [1.807, 2.05) is 20.9 Å². The number of rotatable bonds is 3. The Morgan fingerprint density at radius 2 is 1.71 bits per heavy atom. The first kappa shape index (κ1) is 13.6. The van der Waals surface area contributed by atoms with Gasteiger partial charge in [-0.1, -0.05) is 13.8 Å². The molecule has 1 N–H and O–H groups in total. The van der Waals surface area contributed by atoms with Gasteiger partial charge in [-0.2, -0.15) is 0 Å². The van der Waals surface area contributed by atoms with Crippen LogP contribution in [-0.4, -0.2) is 19.4 Å². The van der Waals surface area contributed by atoms with Gasteiger partial charge in [-0.15, -0.1) is 0 Å². The molecule has 0 bridgehead atoms. The average Bonchev–Trinajstić information content (AvgIpc) is 2.22. The van der Waals surface area contributed by atoms with Crippen LogP contribution in [-0.2, 0) is 4.79 Å². The molecule has 1 saturated carbocycles. The molecule has 0 radical (unpaired) electrons. The van der Waals surface area contributed by atoms with E-state index in [1.54, 1.807) is 6.92 Å². The Balaban J connectivity index is 0.000000791. The fraction of sp³-hybridized carbons (Fsp3) is 0.917. The summed E-state index contributed by atoms with van der Waals surface area (Å²) in [5.41, 5.74) is 0. The van der Waals surface area contributed by atoms with Gasteiger partial charge in [0.2, 0.25) is 0 Å². The van der Waals surface area contributed by atoms with E-state index in [-0.39, 0.29) is 0 Å². The lowest BCUT2D eigenvalue weighted by atomic mass is 9.80. The summed E-state index contributed by atoms with van der Waals surface area (Å²) in [4.78, 5) is 11.0. The summed E-state index contributed by atoms with van der Waals surface area (Å²) >= 11 is 0. The van der Waals surface area contributed by atoms with E-state index in [2.05, 4.69) is 5.32 Å². The monoisotopic (exact) mass is 199 g/mol. The van der Waals surface area contributed by atoms with E-state index >= 15 is 0 Å². The van der Waals surface area contributed by atoms with E-state index in [0.717, 1.165) is 25.3 Å². The van der Waals surface area contributed by atoms with Crippen LogP contribution in [0.4, 0.5) is 0 Å². The summed E-state index contributed by atoms with van der Waals surface area (Å²) in [5, 5.41) is 3.20. The molecule has 0 aromatic heterocycles. The molecule has 2 nitrogen and oxygen atoms in total. The Labute approximate surface area is 88.5 Å². The second-order valence-corrected chi connectivity index (χ2v) is 3.89. The van der Waals surface area contributed by atoms with Gasteiger partial charge >= 0.3 is 0 Å². The summed E-state index contributed by atoms with van der Waals surface area (Å²) in [7, 11) is 2.00. The Morgan fingerprint density at radius 1 is 1.21 bits per heavy atom. The second-order valence-electron chi connectivity index (χ2n) is 3.89. The van der Waals surface area contributed by atoms with Crippen molar-refractivity contribution in [3.05, 3.63) is 0 Å². The summed E-state index contributed by atoms with van der Waals surface area (Å²) in [6.07, 6.45) is 4.68. The zero-order valence-electron chi connectivity index (χ0n) is 10.1. The molecule has 0 unspecified atom stereocenters. The van der Waals surface area contributed by atoms with Crippen molar-refractivity contribution in [2.75, 3.05) is 13.6 Å². The highest BCUT2D eigenvalue weighted by atomic mass is 16.1. The summed E-state index contributed by atoms with van der Waals surface area (Å²) in [6.45, 7) is 6.84. The Kier molecular flexibility index (Phi) is 7.77. The third-order valence-electron chi connectivity index (χ3n) is 2.91. The van der Waals surface area contributed by atoms with E-state index in [4.69, 9.17) is 0 Å². The first-order valence-electron chi connectivity index (χ1n) is 5.89.